The molecule has 15 heavy (non-hydrogen) atoms. The first-order chi connectivity index (χ1) is 7.19. The summed E-state index contributed by atoms with van der Waals surface area (Å²) in [7, 11) is 0. The number of hydrogen-bond donors (Lipinski definition) is 2. The summed E-state index contributed by atoms with van der Waals surface area (Å²) in [6, 6.07) is 8.75. The summed E-state index contributed by atoms with van der Waals surface area (Å²) < 4.78 is 0. The molecule has 0 saturated heterocycles. The SMILES string of the molecule is CCCc1cccc(C(CN)C(C)N)c1. The Balaban J connectivity index is 2.87. The molecular weight excluding hydrogens is 184 g/mol. The zero-order valence-corrected chi connectivity index (χ0v) is 9.74. The van der Waals surface area contributed by atoms with Crippen LogP contribution >= 0.6 is 0 Å². The van der Waals surface area contributed by atoms with Gasteiger partial charge in [-0.3, -0.25) is 0 Å². The van der Waals surface area contributed by atoms with Crippen molar-refractivity contribution in [3.63, 3.8) is 0 Å². The van der Waals surface area contributed by atoms with Gasteiger partial charge in [-0.1, -0.05) is 37.6 Å². The van der Waals surface area contributed by atoms with Gasteiger partial charge >= 0.3 is 0 Å². The van der Waals surface area contributed by atoms with Crippen molar-refractivity contribution in [2.24, 2.45) is 11.5 Å². The Morgan fingerprint density at radius 2 is 2.07 bits per heavy atom. The van der Waals surface area contributed by atoms with Gasteiger partial charge in [-0.05, 0) is 24.5 Å². The standard InChI is InChI=1S/C13H22N2/c1-3-5-11-6-4-7-12(8-11)13(9-14)10(2)15/h4,6-8,10,13H,3,5,9,14-15H2,1-2H3. The second-order valence-corrected chi connectivity index (χ2v) is 4.20. The second kappa shape index (κ2) is 5.89. The van der Waals surface area contributed by atoms with E-state index in [4.69, 9.17) is 11.5 Å². The molecule has 4 N–H and O–H groups in total. The maximum atomic E-state index is 5.92. The van der Waals surface area contributed by atoms with E-state index in [-0.39, 0.29) is 12.0 Å². The summed E-state index contributed by atoms with van der Waals surface area (Å²) >= 11 is 0. The highest BCUT2D eigenvalue weighted by molar-refractivity contribution is 5.27. The molecule has 2 nitrogen and oxygen atoms in total. The highest BCUT2D eigenvalue weighted by Gasteiger charge is 2.14. The summed E-state index contributed by atoms with van der Waals surface area (Å²) in [4.78, 5) is 0. The molecule has 0 saturated carbocycles. The Labute approximate surface area is 92.7 Å². The molecule has 0 aliphatic rings. The van der Waals surface area contributed by atoms with Crippen LogP contribution in [-0.4, -0.2) is 12.6 Å². The van der Waals surface area contributed by atoms with E-state index < -0.39 is 0 Å². The molecule has 2 atom stereocenters. The minimum Gasteiger partial charge on any atom is -0.330 e. The van der Waals surface area contributed by atoms with Crippen molar-refractivity contribution in [1.29, 1.82) is 0 Å². The van der Waals surface area contributed by atoms with Gasteiger partial charge < -0.3 is 11.5 Å². The molecular formula is C13H22N2. The molecule has 1 rings (SSSR count). The molecule has 0 heterocycles. The molecule has 0 amide bonds. The lowest BCUT2D eigenvalue weighted by molar-refractivity contribution is 0.576. The van der Waals surface area contributed by atoms with E-state index in [1.165, 1.54) is 17.5 Å². The summed E-state index contributed by atoms with van der Waals surface area (Å²) in [5.74, 6) is 0.279. The van der Waals surface area contributed by atoms with Crippen molar-refractivity contribution >= 4 is 0 Å². The molecule has 0 radical (unpaired) electrons. The van der Waals surface area contributed by atoms with Crippen molar-refractivity contribution in [1.82, 2.24) is 0 Å². The van der Waals surface area contributed by atoms with Gasteiger partial charge in [-0.15, -0.1) is 0 Å². The van der Waals surface area contributed by atoms with Gasteiger partial charge in [0.05, 0.1) is 0 Å². The van der Waals surface area contributed by atoms with E-state index in [1.807, 2.05) is 6.92 Å². The Morgan fingerprint density at radius 3 is 2.60 bits per heavy atom. The fourth-order valence-electron chi connectivity index (χ4n) is 1.92. The van der Waals surface area contributed by atoms with Crippen LogP contribution < -0.4 is 11.5 Å². The highest BCUT2D eigenvalue weighted by Crippen LogP contribution is 2.19. The average molecular weight is 206 g/mol. The largest absolute Gasteiger partial charge is 0.330 e. The Hall–Kier alpha value is -0.860. The predicted octanol–water partition coefficient (Wildman–Crippen LogP) is 2.03. The van der Waals surface area contributed by atoms with E-state index in [2.05, 4.69) is 31.2 Å². The average Bonchev–Trinajstić information content (AvgIpc) is 2.19. The molecule has 2 unspecified atom stereocenters. The maximum absolute atomic E-state index is 5.92. The Kier molecular flexibility index (Phi) is 4.79. The number of hydrogen-bond acceptors (Lipinski definition) is 2. The van der Waals surface area contributed by atoms with Crippen LogP contribution in [0.4, 0.5) is 0 Å². The van der Waals surface area contributed by atoms with Crippen LogP contribution in [0.3, 0.4) is 0 Å². The van der Waals surface area contributed by atoms with E-state index in [0.717, 1.165) is 6.42 Å². The minimum absolute atomic E-state index is 0.117. The van der Waals surface area contributed by atoms with E-state index in [0.29, 0.717) is 6.54 Å². The number of nitrogens with two attached hydrogens (primary N) is 2. The van der Waals surface area contributed by atoms with Crippen LogP contribution in [0.2, 0.25) is 0 Å². The lowest BCUT2D eigenvalue weighted by Crippen LogP contribution is -2.30. The van der Waals surface area contributed by atoms with Gasteiger partial charge in [0.1, 0.15) is 0 Å². The first kappa shape index (κ1) is 12.2. The van der Waals surface area contributed by atoms with Crippen LogP contribution in [-0.2, 0) is 6.42 Å². The summed E-state index contributed by atoms with van der Waals surface area (Å²) in [6.45, 7) is 4.83. The van der Waals surface area contributed by atoms with Crippen LogP contribution in [0.1, 0.15) is 37.3 Å². The lowest BCUT2D eigenvalue weighted by Gasteiger charge is -2.19. The van der Waals surface area contributed by atoms with Crippen LogP contribution in [0.5, 0.6) is 0 Å². The third kappa shape index (κ3) is 3.33. The van der Waals surface area contributed by atoms with Gasteiger partial charge in [0.2, 0.25) is 0 Å². The third-order valence-corrected chi connectivity index (χ3v) is 2.81. The summed E-state index contributed by atoms with van der Waals surface area (Å²) in [5.41, 5.74) is 14.3. The van der Waals surface area contributed by atoms with Crippen molar-refractivity contribution in [2.45, 2.75) is 38.6 Å². The molecule has 1 aromatic carbocycles. The first-order valence-electron chi connectivity index (χ1n) is 5.73. The molecule has 2 heteroatoms. The molecule has 0 aromatic heterocycles. The molecule has 0 aliphatic heterocycles. The summed E-state index contributed by atoms with van der Waals surface area (Å²) in [5, 5.41) is 0. The predicted molar refractivity (Wildman–Crippen MR) is 65.9 cm³/mol. The van der Waals surface area contributed by atoms with Crippen LogP contribution in [0, 0.1) is 0 Å². The quantitative estimate of drug-likeness (QED) is 0.774. The molecule has 0 fully saturated rings. The van der Waals surface area contributed by atoms with Crippen molar-refractivity contribution in [3.05, 3.63) is 35.4 Å². The normalized spacial score (nSPS) is 14.9. The Bertz CT molecular complexity index is 294. The minimum atomic E-state index is 0.117. The van der Waals surface area contributed by atoms with Crippen LogP contribution in [0.25, 0.3) is 0 Å². The second-order valence-electron chi connectivity index (χ2n) is 4.20. The van der Waals surface area contributed by atoms with E-state index in [9.17, 15) is 0 Å². The summed E-state index contributed by atoms with van der Waals surface area (Å²) in [6.07, 6.45) is 2.30. The Morgan fingerprint density at radius 1 is 1.33 bits per heavy atom. The van der Waals surface area contributed by atoms with E-state index in [1.54, 1.807) is 0 Å². The molecule has 0 aliphatic carbocycles. The zero-order chi connectivity index (χ0) is 11.3. The van der Waals surface area contributed by atoms with Crippen molar-refractivity contribution < 1.29 is 0 Å². The van der Waals surface area contributed by atoms with Gasteiger partial charge in [0, 0.05) is 18.5 Å². The third-order valence-electron chi connectivity index (χ3n) is 2.81. The lowest BCUT2D eigenvalue weighted by atomic mass is 9.91. The molecule has 1 aromatic rings. The van der Waals surface area contributed by atoms with Gasteiger partial charge in [0.15, 0.2) is 0 Å². The monoisotopic (exact) mass is 206 g/mol. The van der Waals surface area contributed by atoms with Crippen molar-refractivity contribution in [2.75, 3.05) is 6.54 Å². The number of benzene rings is 1. The van der Waals surface area contributed by atoms with Crippen molar-refractivity contribution in [3.8, 4) is 0 Å². The van der Waals surface area contributed by atoms with Gasteiger partial charge in [-0.25, -0.2) is 0 Å². The fourth-order valence-corrected chi connectivity index (χ4v) is 1.92. The van der Waals surface area contributed by atoms with Gasteiger partial charge in [0.25, 0.3) is 0 Å². The molecule has 84 valence electrons. The fraction of sp³-hybridized carbons (Fsp3) is 0.538. The zero-order valence-electron chi connectivity index (χ0n) is 9.74. The molecule has 0 bridgehead atoms. The maximum Gasteiger partial charge on any atom is 0.0110 e. The molecule has 0 spiro atoms. The smallest absolute Gasteiger partial charge is 0.0110 e. The number of rotatable bonds is 5. The highest BCUT2D eigenvalue weighted by atomic mass is 14.7. The topological polar surface area (TPSA) is 52.0 Å². The number of aryl methyl sites for hydroxylation is 1. The van der Waals surface area contributed by atoms with E-state index >= 15 is 0 Å². The first-order valence-corrected chi connectivity index (χ1v) is 5.73. The van der Waals surface area contributed by atoms with Crippen LogP contribution in [0.15, 0.2) is 24.3 Å². The van der Waals surface area contributed by atoms with Gasteiger partial charge in [-0.2, -0.15) is 0 Å².